The molecule has 0 radical (unpaired) electrons. The van der Waals surface area contributed by atoms with Crippen LogP contribution in [0.25, 0.3) is 5.69 Å². The molecule has 5 nitrogen and oxygen atoms in total. The van der Waals surface area contributed by atoms with Crippen LogP contribution in [-0.4, -0.2) is 28.8 Å². The minimum absolute atomic E-state index is 0.0494. The molecule has 0 bridgehead atoms. The van der Waals surface area contributed by atoms with Crippen LogP contribution < -0.4 is 9.80 Å². The summed E-state index contributed by atoms with van der Waals surface area (Å²) < 4.78 is 1.74. The van der Waals surface area contributed by atoms with Gasteiger partial charge in [0.2, 0.25) is 0 Å². The molecule has 1 aromatic heterocycles. The zero-order valence-corrected chi connectivity index (χ0v) is 15.6. The summed E-state index contributed by atoms with van der Waals surface area (Å²) in [6.45, 7) is 2.78. The van der Waals surface area contributed by atoms with Gasteiger partial charge >= 0.3 is 0 Å². The Hall–Kier alpha value is -2.79. The Balaban J connectivity index is 1.37. The van der Waals surface area contributed by atoms with Crippen LogP contribution in [0.5, 0.6) is 0 Å². The van der Waals surface area contributed by atoms with Crippen molar-refractivity contribution in [1.82, 2.24) is 9.78 Å². The molecular formula is C21H19ClN4O. The first-order valence-corrected chi connectivity index (χ1v) is 9.58. The van der Waals surface area contributed by atoms with Crippen LogP contribution in [0.2, 0.25) is 5.02 Å². The summed E-state index contributed by atoms with van der Waals surface area (Å²) >= 11 is 5.94. The molecule has 0 saturated carbocycles. The topological polar surface area (TPSA) is 41.4 Å². The van der Waals surface area contributed by atoms with E-state index in [1.165, 1.54) is 18.5 Å². The van der Waals surface area contributed by atoms with Crippen LogP contribution in [0.3, 0.4) is 0 Å². The predicted octanol–water partition coefficient (Wildman–Crippen LogP) is 4.29. The molecule has 2 aliphatic heterocycles. The smallest absolute Gasteiger partial charge is 0.279 e. The van der Waals surface area contributed by atoms with Crippen LogP contribution in [0.1, 0.15) is 28.9 Å². The first kappa shape index (κ1) is 16.4. The fourth-order valence-corrected chi connectivity index (χ4v) is 3.95. The van der Waals surface area contributed by atoms with Crippen molar-refractivity contribution in [3.8, 4) is 5.69 Å². The first-order valence-electron chi connectivity index (χ1n) is 9.20. The third-order valence-electron chi connectivity index (χ3n) is 5.29. The van der Waals surface area contributed by atoms with E-state index >= 15 is 0 Å². The third kappa shape index (κ3) is 2.88. The van der Waals surface area contributed by atoms with E-state index in [4.69, 9.17) is 11.6 Å². The number of anilines is 2. The average Bonchev–Trinajstić information content (AvgIpc) is 3.41. The van der Waals surface area contributed by atoms with E-state index < -0.39 is 0 Å². The number of aromatic nitrogens is 2. The highest BCUT2D eigenvalue weighted by molar-refractivity contribution is 6.30. The lowest BCUT2D eigenvalue weighted by molar-refractivity contribution is 0.0991. The maximum Gasteiger partial charge on any atom is 0.279 e. The monoisotopic (exact) mass is 378 g/mol. The van der Waals surface area contributed by atoms with E-state index in [1.54, 1.807) is 9.58 Å². The Bertz CT molecular complexity index is 988. The van der Waals surface area contributed by atoms with Crippen molar-refractivity contribution in [2.75, 3.05) is 22.9 Å². The zero-order valence-electron chi connectivity index (χ0n) is 14.8. The van der Waals surface area contributed by atoms with Gasteiger partial charge in [0.1, 0.15) is 0 Å². The summed E-state index contributed by atoms with van der Waals surface area (Å²) in [5, 5.41) is 5.18. The molecule has 5 rings (SSSR count). The maximum atomic E-state index is 12.9. The van der Waals surface area contributed by atoms with E-state index in [-0.39, 0.29) is 5.91 Å². The highest BCUT2D eigenvalue weighted by atomic mass is 35.5. The van der Waals surface area contributed by atoms with Crippen LogP contribution in [0.4, 0.5) is 11.4 Å². The van der Waals surface area contributed by atoms with Gasteiger partial charge in [-0.05, 0) is 61.4 Å². The Morgan fingerprint density at radius 1 is 0.852 bits per heavy atom. The number of benzene rings is 2. The van der Waals surface area contributed by atoms with Crippen molar-refractivity contribution in [3.63, 3.8) is 0 Å². The van der Waals surface area contributed by atoms with E-state index in [9.17, 15) is 4.79 Å². The summed E-state index contributed by atoms with van der Waals surface area (Å²) in [6, 6.07) is 15.7. The van der Waals surface area contributed by atoms with Crippen molar-refractivity contribution >= 4 is 28.9 Å². The minimum Gasteiger partial charge on any atom is -0.372 e. The van der Waals surface area contributed by atoms with Gasteiger partial charge < -0.3 is 9.80 Å². The van der Waals surface area contributed by atoms with Crippen LogP contribution >= 0.6 is 11.6 Å². The second-order valence-electron chi connectivity index (χ2n) is 7.03. The summed E-state index contributed by atoms with van der Waals surface area (Å²) in [6.07, 6.45) is 4.43. The van der Waals surface area contributed by atoms with Crippen molar-refractivity contribution in [3.05, 3.63) is 71.0 Å². The van der Waals surface area contributed by atoms with Gasteiger partial charge in [0.25, 0.3) is 5.91 Å². The molecule has 136 valence electrons. The molecule has 2 aliphatic rings. The molecule has 0 aliphatic carbocycles. The molecule has 1 amide bonds. The predicted molar refractivity (Wildman–Crippen MR) is 107 cm³/mol. The summed E-state index contributed by atoms with van der Waals surface area (Å²) in [5.74, 6) is -0.0494. The number of carbonyl (C=O) groups is 1. The summed E-state index contributed by atoms with van der Waals surface area (Å²) in [5.41, 5.74) is 4.50. The Morgan fingerprint density at radius 3 is 2.15 bits per heavy atom. The summed E-state index contributed by atoms with van der Waals surface area (Å²) in [7, 11) is 0. The van der Waals surface area contributed by atoms with E-state index in [0.29, 0.717) is 17.3 Å². The molecule has 0 unspecified atom stereocenters. The normalized spacial score (nSPS) is 16.3. The number of carbonyl (C=O) groups excluding carboxylic acids is 1. The molecule has 27 heavy (non-hydrogen) atoms. The van der Waals surface area contributed by atoms with Gasteiger partial charge in [-0.2, -0.15) is 5.10 Å². The average molecular weight is 379 g/mol. The largest absolute Gasteiger partial charge is 0.372 e. The number of hydrogen-bond acceptors (Lipinski definition) is 3. The molecule has 0 atom stereocenters. The van der Waals surface area contributed by atoms with Crippen molar-refractivity contribution in [1.29, 1.82) is 0 Å². The lowest BCUT2D eigenvalue weighted by Gasteiger charge is -2.20. The number of fused-ring (bicyclic) bond motifs is 1. The Labute approximate surface area is 162 Å². The summed E-state index contributed by atoms with van der Waals surface area (Å²) in [4.78, 5) is 17.0. The first-order chi connectivity index (χ1) is 13.2. The third-order valence-corrected chi connectivity index (χ3v) is 5.54. The molecule has 3 aromatic rings. The Kier molecular flexibility index (Phi) is 3.90. The van der Waals surface area contributed by atoms with Gasteiger partial charge in [-0.3, -0.25) is 4.79 Å². The number of rotatable bonds is 3. The fourth-order valence-electron chi connectivity index (χ4n) is 3.83. The molecular weight excluding hydrogens is 360 g/mol. The van der Waals surface area contributed by atoms with Gasteiger partial charge in [0.05, 0.1) is 12.2 Å². The second kappa shape index (κ2) is 6.43. The van der Waals surface area contributed by atoms with E-state index in [2.05, 4.69) is 22.1 Å². The fraction of sp³-hybridized carbons (Fsp3) is 0.238. The highest BCUT2D eigenvalue weighted by Crippen LogP contribution is 2.30. The molecule has 1 fully saturated rings. The van der Waals surface area contributed by atoms with E-state index in [1.807, 2.05) is 42.6 Å². The van der Waals surface area contributed by atoms with Gasteiger partial charge in [0.15, 0.2) is 5.69 Å². The zero-order chi connectivity index (χ0) is 18.4. The minimum atomic E-state index is -0.0494. The number of halogens is 1. The van der Waals surface area contributed by atoms with Crippen molar-refractivity contribution < 1.29 is 4.79 Å². The van der Waals surface area contributed by atoms with E-state index in [0.717, 1.165) is 30.0 Å². The quantitative estimate of drug-likeness (QED) is 0.682. The van der Waals surface area contributed by atoms with Crippen molar-refractivity contribution in [2.45, 2.75) is 19.4 Å². The molecule has 1 saturated heterocycles. The number of nitrogens with zero attached hydrogens (tertiary/aromatic N) is 4. The SMILES string of the molecule is O=C1c2nn(-c3ccc(Cl)cc3)cc2CN1c1ccc(N2CCCC2)cc1. The second-order valence-corrected chi connectivity index (χ2v) is 7.46. The standard InChI is InChI=1S/C21H19ClN4O/c22-16-3-5-19(6-4-16)26-14-15-13-25(21(27)20(15)23-26)18-9-7-17(8-10-18)24-11-1-2-12-24/h3-10,14H,1-2,11-13H2. The van der Waals surface area contributed by atoms with Crippen LogP contribution in [0, 0.1) is 0 Å². The molecule has 6 heteroatoms. The van der Waals surface area contributed by atoms with Gasteiger partial charge in [-0.15, -0.1) is 0 Å². The number of hydrogen-bond donors (Lipinski definition) is 0. The molecule has 0 spiro atoms. The lowest BCUT2D eigenvalue weighted by atomic mass is 10.2. The van der Waals surface area contributed by atoms with Gasteiger partial charge in [-0.1, -0.05) is 11.6 Å². The van der Waals surface area contributed by atoms with Crippen LogP contribution in [0.15, 0.2) is 54.7 Å². The van der Waals surface area contributed by atoms with Crippen molar-refractivity contribution in [2.24, 2.45) is 0 Å². The molecule has 2 aromatic carbocycles. The highest BCUT2D eigenvalue weighted by Gasteiger charge is 2.32. The molecule has 0 N–H and O–H groups in total. The Morgan fingerprint density at radius 2 is 1.48 bits per heavy atom. The lowest BCUT2D eigenvalue weighted by Crippen LogP contribution is -2.24. The maximum absolute atomic E-state index is 12.9. The molecule has 3 heterocycles. The number of amides is 1. The van der Waals surface area contributed by atoms with Gasteiger partial charge in [0, 0.05) is 41.2 Å². The van der Waals surface area contributed by atoms with Crippen LogP contribution in [-0.2, 0) is 6.54 Å². The van der Waals surface area contributed by atoms with Gasteiger partial charge in [-0.25, -0.2) is 4.68 Å².